The van der Waals surface area contributed by atoms with Gasteiger partial charge in [-0.2, -0.15) is 0 Å². The maximum atomic E-state index is 11.1. The molecule has 10 heteroatoms. The van der Waals surface area contributed by atoms with Gasteiger partial charge in [-0.05, 0) is 16.4 Å². The van der Waals surface area contributed by atoms with Crippen LogP contribution in [0.5, 0.6) is 0 Å². The van der Waals surface area contributed by atoms with Crippen molar-refractivity contribution in [1.29, 1.82) is 0 Å². The van der Waals surface area contributed by atoms with Crippen molar-refractivity contribution >= 4 is 26.7 Å². The number of nitrogens with zero attached hydrogens (tertiary/aromatic N) is 3. The fourth-order valence-corrected chi connectivity index (χ4v) is 1.87. The molecule has 0 amide bonds. The Morgan fingerprint density at radius 1 is 1.31 bits per heavy atom. The quantitative estimate of drug-likeness (QED) is 0.568. The SMILES string of the molecule is NS(=O)(=O)c1ccc([N+](=O)[O-])c2nonc12. The lowest BCUT2D eigenvalue weighted by atomic mass is 10.3. The van der Waals surface area contributed by atoms with Crippen molar-refractivity contribution in [3.8, 4) is 0 Å². The molecule has 2 rings (SSSR count). The first-order valence-electron chi connectivity index (χ1n) is 3.83. The third kappa shape index (κ3) is 1.49. The highest BCUT2D eigenvalue weighted by Gasteiger charge is 2.23. The van der Waals surface area contributed by atoms with Crippen molar-refractivity contribution in [3.05, 3.63) is 22.2 Å². The maximum Gasteiger partial charge on any atom is 0.300 e. The highest BCUT2D eigenvalue weighted by atomic mass is 32.2. The molecule has 0 saturated heterocycles. The fourth-order valence-electron chi connectivity index (χ4n) is 1.21. The van der Waals surface area contributed by atoms with Gasteiger partial charge in [0.25, 0.3) is 0 Å². The molecule has 2 aromatic rings. The molecule has 84 valence electrons. The Bertz CT molecular complexity index is 675. The molecule has 0 aliphatic heterocycles. The standard InChI is InChI=1S/C6H4N4O5S/c7-16(13,14)4-2-1-3(10(11)12)5-6(4)9-15-8-5/h1-2H,(H2,7,13,14). The van der Waals surface area contributed by atoms with Gasteiger partial charge in [0.05, 0.1) is 4.92 Å². The van der Waals surface area contributed by atoms with E-state index in [9.17, 15) is 18.5 Å². The lowest BCUT2D eigenvalue weighted by Crippen LogP contribution is -2.12. The third-order valence-corrected chi connectivity index (χ3v) is 2.80. The van der Waals surface area contributed by atoms with Crippen LogP contribution in [0.15, 0.2) is 21.7 Å². The molecule has 0 radical (unpaired) electrons. The molecule has 1 aromatic heterocycles. The predicted molar refractivity (Wildman–Crippen MR) is 49.8 cm³/mol. The number of non-ortho nitro benzene ring substituents is 1. The van der Waals surface area contributed by atoms with Crippen LogP contribution in [0, 0.1) is 10.1 Å². The number of hydrogen-bond donors (Lipinski definition) is 1. The Labute approximate surface area is 88.0 Å². The van der Waals surface area contributed by atoms with E-state index in [0.717, 1.165) is 12.1 Å². The van der Waals surface area contributed by atoms with Crippen LogP contribution in [0.2, 0.25) is 0 Å². The number of fused-ring (bicyclic) bond motifs is 1. The number of aromatic nitrogens is 2. The first-order valence-corrected chi connectivity index (χ1v) is 5.38. The second kappa shape index (κ2) is 3.21. The molecule has 0 spiro atoms. The van der Waals surface area contributed by atoms with E-state index in [1.807, 2.05) is 0 Å². The minimum atomic E-state index is -4.03. The van der Waals surface area contributed by atoms with E-state index in [1.54, 1.807) is 0 Å². The number of benzene rings is 1. The molecule has 16 heavy (non-hydrogen) atoms. The normalized spacial score (nSPS) is 11.8. The van der Waals surface area contributed by atoms with Gasteiger partial charge < -0.3 is 0 Å². The number of rotatable bonds is 2. The van der Waals surface area contributed by atoms with Gasteiger partial charge in [0.15, 0.2) is 5.52 Å². The number of hydrogen-bond acceptors (Lipinski definition) is 7. The highest BCUT2D eigenvalue weighted by molar-refractivity contribution is 7.89. The zero-order valence-corrected chi connectivity index (χ0v) is 8.34. The molecule has 0 aliphatic rings. The van der Waals surface area contributed by atoms with E-state index in [2.05, 4.69) is 14.9 Å². The topological polar surface area (TPSA) is 142 Å². The Balaban J connectivity index is 2.89. The number of sulfonamides is 1. The number of primary sulfonamides is 1. The van der Waals surface area contributed by atoms with Crippen LogP contribution in [-0.2, 0) is 10.0 Å². The van der Waals surface area contributed by atoms with Crippen LogP contribution in [0.3, 0.4) is 0 Å². The van der Waals surface area contributed by atoms with Crippen molar-refractivity contribution in [1.82, 2.24) is 10.3 Å². The minimum Gasteiger partial charge on any atom is -0.258 e. The van der Waals surface area contributed by atoms with Gasteiger partial charge in [-0.15, -0.1) is 0 Å². The van der Waals surface area contributed by atoms with Crippen LogP contribution in [-0.4, -0.2) is 23.7 Å². The summed E-state index contributed by atoms with van der Waals surface area (Å²) in [4.78, 5) is 9.50. The van der Waals surface area contributed by atoms with Crippen molar-refractivity contribution in [2.45, 2.75) is 4.90 Å². The summed E-state index contributed by atoms with van der Waals surface area (Å²) in [5, 5.41) is 22.0. The average Bonchev–Trinajstić information content (AvgIpc) is 2.61. The lowest BCUT2D eigenvalue weighted by Gasteiger charge is -1.97. The first kappa shape index (κ1) is 10.4. The molecule has 1 aromatic carbocycles. The average molecular weight is 244 g/mol. The molecular weight excluding hydrogens is 240 g/mol. The van der Waals surface area contributed by atoms with E-state index < -0.39 is 20.6 Å². The molecule has 1 heterocycles. The summed E-state index contributed by atoms with van der Waals surface area (Å²) >= 11 is 0. The van der Waals surface area contributed by atoms with Crippen LogP contribution in [0.4, 0.5) is 5.69 Å². The van der Waals surface area contributed by atoms with Crippen LogP contribution in [0.25, 0.3) is 11.0 Å². The fraction of sp³-hybridized carbons (Fsp3) is 0. The molecule has 0 saturated carbocycles. The zero-order valence-electron chi connectivity index (χ0n) is 7.52. The molecule has 0 bridgehead atoms. The summed E-state index contributed by atoms with van der Waals surface area (Å²) < 4.78 is 26.5. The number of nitro benzene ring substituents is 1. The highest BCUT2D eigenvalue weighted by Crippen LogP contribution is 2.27. The summed E-state index contributed by atoms with van der Waals surface area (Å²) in [5.41, 5.74) is -0.906. The van der Waals surface area contributed by atoms with E-state index in [1.165, 1.54) is 0 Å². The Morgan fingerprint density at radius 3 is 2.50 bits per heavy atom. The monoisotopic (exact) mass is 244 g/mol. The Hall–Kier alpha value is -2.07. The van der Waals surface area contributed by atoms with E-state index in [4.69, 9.17) is 5.14 Å². The van der Waals surface area contributed by atoms with Gasteiger partial charge in [-0.25, -0.2) is 18.2 Å². The summed E-state index contributed by atoms with van der Waals surface area (Å²) in [7, 11) is -4.03. The summed E-state index contributed by atoms with van der Waals surface area (Å²) in [6, 6.07) is 1.96. The van der Waals surface area contributed by atoms with Crippen molar-refractivity contribution in [2.24, 2.45) is 5.14 Å². The van der Waals surface area contributed by atoms with E-state index in [0.29, 0.717) is 0 Å². The third-order valence-electron chi connectivity index (χ3n) is 1.86. The first-order chi connectivity index (χ1) is 7.41. The van der Waals surface area contributed by atoms with Gasteiger partial charge in [0.1, 0.15) is 4.90 Å². The Kier molecular flexibility index (Phi) is 2.10. The summed E-state index contributed by atoms with van der Waals surface area (Å²) in [6.45, 7) is 0. The molecule has 0 unspecified atom stereocenters. The second-order valence-corrected chi connectivity index (χ2v) is 4.38. The molecule has 2 N–H and O–H groups in total. The summed E-state index contributed by atoms with van der Waals surface area (Å²) in [5.74, 6) is 0. The molecule has 0 aliphatic carbocycles. The Morgan fingerprint density at radius 2 is 1.94 bits per heavy atom. The largest absolute Gasteiger partial charge is 0.300 e. The summed E-state index contributed by atoms with van der Waals surface area (Å²) in [6.07, 6.45) is 0. The second-order valence-electron chi connectivity index (χ2n) is 2.85. The van der Waals surface area contributed by atoms with Gasteiger partial charge in [-0.3, -0.25) is 10.1 Å². The van der Waals surface area contributed by atoms with Crippen molar-refractivity contribution in [2.75, 3.05) is 0 Å². The van der Waals surface area contributed by atoms with E-state index >= 15 is 0 Å². The minimum absolute atomic E-state index is 0.253. The van der Waals surface area contributed by atoms with Gasteiger partial charge in [0.2, 0.25) is 15.5 Å². The van der Waals surface area contributed by atoms with E-state index in [-0.39, 0.29) is 15.9 Å². The smallest absolute Gasteiger partial charge is 0.258 e. The molecular formula is C6H4N4O5S. The van der Waals surface area contributed by atoms with Crippen molar-refractivity contribution in [3.63, 3.8) is 0 Å². The molecule has 0 fully saturated rings. The lowest BCUT2D eigenvalue weighted by molar-refractivity contribution is -0.383. The maximum absolute atomic E-state index is 11.1. The van der Waals surface area contributed by atoms with Gasteiger partial charge in [0, 0.05) is 6.07 Å². The van der Waals surface area contributed by atoms with Crippen molar-refractivity contribution < 1.29 is 18.0 Å². The van der Waals surface area contributed by atoms with Crippen LogP contribution in [0.1, 0.15) is 0 Å². The zero-order chi connectivity index (χ0) is 11.9. The predicted octanol–water partition coefficient (Wildman–Crippen LogP) is -0.222. The molecule has 9 nitrogen and oxygen atoms in total. The van der Waals surface area contributed by atoms with Gasteiger partial charge in [-0.1, -0.05) is 0 Å². The van der Waals surface area contributed by atoms with Crippen LogP contribution < -0.4 is 5.14 Å². The number of nitrogens with two attached hydrogens (primary N) is 1. The number of nitro groups is 1. The van der Waals surface area contributed by atoms with Crippen LogP contribution >= 0.6 is 0 Å². The van der Waals surface area contributed by atoms with Gasteiger partial charge >= 0.3 is 5.69 Å². The molecule has 0 atom stereocenters.